The van der Waals surface area contributed by atoms with E-state index in [1.165, 1.54) is 43.2 Å². The Hall–Kier alpha value is -0.820. The number of benzene rings is 1. The van der Waals surface area contributed by atoms with E-state index >= 15 is 0 Å². The highest BCUT2D eigenvalue weighted by molar-refractivity contribution is 5.25. The number of hydrogen-bond donors (Lipinski definition) is 1. The van der Waals surface area contributed by atoms with Gasteiger partial charge in [-0.15, -0.1) is 0 Å². The summed E-state index contributed by atoms with van der Waals surface area (Å²) in [5, 5.41) is 0. The van der Waals surface area contributed by atoms with Crippen LogP contribution in [0.1, 0.15) is 63.0 Å². The van der Waals surface area contributed by atoms with Crippen molar-refractivity contribution in [1.82, 2.24) is 0 Å². The summed E-state index contributed by atoms with van der Waals surface area (Å²) < 4.78 is 0. The van der Waals surface area contributed by atoms with E-state index < -0.39 is 0 Å². The molecule has 96 valence electrons. The van der Waals surface area contributed by atoms with Gasteiger partial charge >= 0.3 is 0 Å². The van der Waals surface area contributed by atoms with Gasteiger partial charge in [-0.3, -0.25) is 0 Å². The molecule has 0 aliphatic heterocycles. The minimum Gasteiger partial charge on any atom is -0.330 e. The van der Waals surface area contributed by atoms with Crippen LogP contribution in [-0.4, -0.2) is 6.54 Å². The lowest BCUT2D eigenvalue weighted by Crippen LogP contribution is -2.02. The second-order valence-electron chi connectivity index (χ2n) is 5.03. The van der Waals surface area contributed by atoms with Gasteiger partial charge in [-0.1, -0.05) is 63.8 Å². The summed E-state index contributed by atoms with van der Waals surface area (Å²) in [7, 11) is 0. The predicted octanol–water partition coefficient (Wildman–Crippen LogP) is 4.26. The van der Waals surface area contributed by atoms with Crippen LogP contribution in [0.5, 0.6) is 0 Å². The summed E-state index contributed by atoms with van der Waals surface area (Å²) in [6.07, 6.45) is 7.75. The first-order valence-corrected chi connectivity index (χ1v) is 7.06. The van der Waals surface area contributed by atoms with E-state index in [0.29, 0.717) is 5.92 Å². The first kappa shape index (κ1) is 14.2. The van der Waals surface area contributed by atoms with Crippen molar-refractivity contribution in [1.29, 1.82) is 0 Å². The molecule has 0 fully saturated rings. The summed E-state index contributed by atoms with van der Waals surface area (Å²) in [4.78, 5) is 0. The van der Waals surface area contributed by atoms with Crippen LogP contribution in [0.4, 0.5) is 0 Å². The summed E-state index contributed by atoms with van der Waals surface area (Å²) in [5.74, 6) is 0.693. The van der Waals surface area contributed by atoms with Gasteiger partial charge in [-0.25, -0.2) is 0 Å². The van der Waals surface area contributed by atoms with Crippen LogP contribution in [0.2, 0.25) is 0 Å². The van der Waals surface area contributed by atoms with Gasteiger partial charge in [-0.2, -0.15) is 0 Å². The monoisotopic (exact) mass is 233 g/mol. The predicted molar refractivity (Wildman–Crippen MR) is 76.4 cm³/mol. The fraction of sp³-hybridized carbons (Fsp3) is 0.625. The van der Waals surface area contributed by atoms with Crippen LogP contribution in [0.15, 0.2) is 24.3 Å². The molecule has 1 heteroatoms. The first-order chi connectivity index (χ1) is 8.27. The number of hydrogen-bond acceptors (Lipinski definition) is 1. The number of unbranched alkanes of at least 4 members (excludes halogenated alkanes) is 3. The second kappa shape index (κ2) is 8.30. The minimum absolute atomic E-state index is 0.693. The van der Waals surface area contributed by atoms with Crippen molar-refractivity contribution in [2.75, 3.05) is 6.54 Å². The fourth-order valence-corrected chi connectivity index (χ4v) is 2.22. The van der Waals surface area contributed by atoms with Crippen LogP contribution < -0.4 is 5.73 Å². The van der Waals surface area contributed by atoms with E-state index in [4.69, 9.17) is 5.73 Å². The molecule has 2 N–H and O–H groups in total. The maximum Gasteiger partial charge on any atom is -0.00367 e. The standard InChI is InChI=1S/C16H27N/c1-3-4-5-6-7-14(2)16-10-8-15(9-11-16)12-13-17/h8-11,14H,3-7,12-13,17H2,1-2H3. The van der Waals surface area contributed by atoms with Crippen LogP contribution in [-0.2, 0) is 6.42 Å². The van der Waals surface area contributed by atoms with Crippen LogP contribution in [0, 0.1) is 0 Å². The lowest BCUT2D eigenvalue weighted by molar-refractivity contribution is 0.580. The molecule has 0 heterocycles. The molecule has 1 nitrogen and oxygen atoms in total. The Morgan fingerprint density at radius 3 is 2.35 bits per heavy atom. The van der Waals surface area contributed by atoms with Gasteiger partial charge in [0, 0.05) is 0 Å². The molecule has 0 radical (unpaired) electrons. The van der Waals surface area contributed by atoms with Gasteiger partial charge in [0.1, 0.15) is 0 Å². The molecular weight excluding hydrogens is 206 g/mol. The quantitative estimate of drug-likeness (QED) is 0.667. The van der Waals surface area contributed by atoms with Gasteiger partial charge < -0.3 is 5.73 Å². The van der Waals surface area contributed by atoms with Crippen molar-refractivity contribution in [2.24, 2.45) is 5.73 Å². The van der Waals surface area contributed by atoms with E-state index in [9.17, 15) is 0 Å². The third-order valence-electron chi connectivity index (χ3n) is 3.47. The van der Waals surface area contributed by atoms with Gasteiger partial charge in [-0.05, 0) is 36.4 Å². The second-order valence-corrected chi connectivity index (χ2v) is 5.03. The number of rotatable bonds is 8. The van der Waals surface area contributed by atoms with Crippen LogP contribution >= 0.6 is 0 Å². The van der Waals surface area contributed by atoms with Gasteiger partial charge in [0.05, 0.1) is 0 Å². The molecule has 1 aromatic rings. The highest BCUT2D eigenvalue weighted by atomic mass is 14.5. The summed E-state index contributed by atoms with van der Waals surface area (Å²) in [6.45, 7) is 5.34. The lowest BCUT2D eigenvalue weighted by Gasteiger charge is -2.12. The summed E-state index contributed by atoms with van der Waals surface area (Å²) >= 11 is 0. The maximum absolute atomic E-state index is 5.55. The van der Waals surface area contributed by atoms with Crippen LogP contribution in [0.3, 0.4) is 0 Å². The van der Waals surface area contributed by atoms with E-state index in [-0.39, 0.29) is 0 Å². The van der Waals surface area contributed by atoms with Crippen molar-refractivity contribution in [3.05, 3.63) is 35.4 Å². The Morgan fingerprint density at radius 2 is 1.76 bits per heavy atom. The number of nitrogens with two attached hydrogens (primary N) is 1. The third-order valence-corrected chi connectivity index (χ3v) is 3.47. The molecule has 0 saturated carbocycles. The third kappa shape index (κ3) is 5.36. The molecule has 0 aromatic heterocycles. The highest BCUT2D eigenvalue weighted by Gasteiger charge is 2.04. The van der Waals surface area contributed by atoms with Crippen molar-refractivity contribution in [2.45, 2.75) is 58.3 Å². The molecule has 0 aliphatic rings. The average Bonchev–Trinajstić information content (AvgIpc) is 2.36. The average molecular weight is 233 g/mol. The summed E-state index contributed by atoms with van der Waals surface area (Å²) in [6, 6.07) is 9.00. The van der Waals surface area contributed by atoms with Crippen molar-refractivity contribution >= 4 is 0 Å². The summed E-state index contributed by atoms with van der Waals surface area (Å²) in [5.41, 5.74) is 8.38. The molecule has 0 spiro atoms. The zero-order valence-electron chi connectivity index (χ0n) is 11.4. The molecule has 0 amide bonds. The zero-order chi connectivity index (χ0) is 12.5. The SMILES string of the molecule is CCCCCCC(C)c1ccc(CCN)cc1. The van der Waals surface area contributed by atoms with E-state index in [0.717, 1.165) is 13.0 Å². The molecule has 0 aliphatic carbocycles. The van der Waals surface area contributed by atoms with Gasteiger partial charge in [0.2, 0.25) is 0 Å². The molecule has 17 heavy (non-hydrogen) atoms. The molecule has 0 saturated heterocycles. The Bertz CT molecular complexity index is 289. The Labute approximate surface area is 106 Å². The van der Waals surface area contributed by atoms with Crippen LogP contribution in [0.25, 0.3) is 0 Å². The molecule has 1 unspecified atom stereocenters. The molecule has 1 aromatic carbocycles. The Morgan fingerprint density at radius 1 is 1.06 bits per heavy atom. The van der Waals surface area contributed by atoms with Crippen molar-refractivity contribution in [3.8, 4) is 0 Å². The Balaban J connectivity index is 2.37. The minimum atomic E-state index is 0.693. The highest BCUT2D eigenvalue weighted by Crippen LogP contribution is 2.22. The lowest BCUT2D eigenvalue weighted by atomic mass is 9.94. The molecule has 1 rings (SSSR count). The fourth-order valence-electron chi connectivity index (χ4n) is 2.22. The molecule has 1 atom stereocenters. The van der Waals surface area contributed by atoms with E-state index in [1.54, 1.807) is 0 Å². The molecule has 0 bridgehead atoms. The van der Waals surface area contributed by atoms with E-state index in [1.807, 2.05) is 0 Å². The van der Waals surface area contributed by atoms with E-state index in [2.05, 4.69) is 38.1 Å². The largest absolute Gasteiger partial charge is 0.330 e. The Kier molecular flexibility index (Phi) is 6.95. The molecular formula is C16H27N. The normalized spacial score (nSPS) is 12.6. The van der Waals surface area contributed by atoms with Gasteiger partial charge in [0.15, 0.2) is 0 Å². The van der Waals surface area contributed by atoms with Crippen molar-refractivity contribution in [3.63, 3.8) is 0 Å². The first-order valence-electron chi connectivity index (χ1n) is 7.06. The maximum atomic E-state index is 5.55. The smallest absolute Gasteiger partial charge is 0.00367 e. The van der Waals surface area contributed by atoms with Crippen molar-refractivity contribution < 1.29 is 0 Å². The van der Waals surface area contributed by atoms with Gasteiger partial charge in [0.25, 0.3) is 0 Å². The zero-order valence-corrected chi connectivity index (χ0v) is 11.4. The topological polar surface area (TPSA) is 26.0 Å².